The van der Waals surface area contributed by atoms with Gasteiger partial charge in [0.05, 0.1) is 0 Å². The number of hydrogen-bond donors (Lipinski definition) is 8. The average Bonchev–Trinajstić information content (AvgIpc) is 1.66. The van der Waals surface area contributed by atoms with Gasteiger partial charge in [-0.25, -0.2) is 0 Å². The lowest BCUT2D eigenvalue weighted by molar-refractivity contribution is 0.287. The van der Waals surface area contributed by atoms with Crippen molar-refractivity contribution in [2.75, 3.05) is 38.1 Å². The fraction of sp³-hybridized carbons (Fsp3) is 0.340. The molecule has 8 aromatic carbocycles. The maximum absolute atomic E-state index is 14.2. The van der Waals surface area contributed by atoms with E-state index in [1.807, 2.05) is 227 Å². The molecule has 11 nitrogen and oxygen atoms in total. The first-order chi connectivity index (χ1) is 60.3. The minimum Gasteiger partial charge on any atom is -0.326 e. The predicted octanol–water partition coefficient (Wildman–Crippen LogP) is 21.0. The normalized spacial score (nSPS) is 19.0. The van der Waals surface area contributed by atoms with Crippen molar-refractivity contribution in [3.8, 4) is 0 Å². The second-order valence-electron chi connectivity index (χ2n) is 31.6. The molecule has 16 rings (SSSR count). The van der Waals surface area contributed by atoms with E-state index in [-0.39, 0.29) is 7.92 Å². The lowest BCUT2D eigenvalue weighted by atomic mass is 9.90. The zero-order chi connectivity index (χ0) is 85.8. The number of benzene rings is 8. The highest BCUT2D eigenvalue weighted by atomic mass is 35.8. The quantitative estimate of drug-likeness (QED) is 0.0112. The van der Waals surface area contributed by atoms with Gasteiger partial charge in [-0.3, -0.25) is 0 Å². The number of nitrogens with one attached hydrogen (secondary N) is 7. The van der Waals surface area contributed by atoms with Crippen LogP contribution in [-0.2, 0) is 39.9 Å². The van der Waals surface area contributed by atoms with E-state index in [1.165, 1.54) is 139 Å². The van der Waals surface area contributed by atoms with Crippen LogP contribution in [0.15, 0.2) is 325 Å². The molecule has 23 heteroatoms. The van der Waals surface area contributed by atoms with E-state index >= 15 is 0 Å². The molecule has 4 saturated carbocycles. The third-order valence-corrected chi connectivity index (χ3v) is 38.3. The second-order valence-corrected chi connectivity index (χ2v) is 53.1. The summed E-state index contributed by atoms with van der Waals surface area (Å²) in [5, 5.41) is 43.4. The molecule has 4 aliphatic rings. The van der Waals surface area contributed by atoms with E-state index in [9.17, 15) is 13.7 Å². The smallest absolute Gasteiger partial charge is 0.326 e. The van der Waals surface area contributed by atoms with E-state index in [2.05, 4.69) is 175 Å². The number of rotatable bonds is 33. The number of nitrogens with two attached hydrogens (primary N) is 1. The van der Waals surface area contributed by atoms with Crippen LogP contribution in [0.2, 0.25) is 0 Å². The highest BCUT2D eigenvalue weighted by molar-refractivity contribution is 7.81. The molecule has 4 aliphatic carbocycles. The molecule has 9 N–H and O–H groups in total. The molecule has 4 unspecified atom stereocenters. The van der Waals surface area contributed by atoms with Crippen molar-refractivity contribution >= 4 is 157 Å². The zero-order valence-corrected chi connectivity index (χ0v) is 81.0. The molecular formula is C100H125Cl3N8O3P4S4Si. The van der Waals surface area contributed by atoms with Gasteiger partial charge >= 0.3 is 6.73 Å². The minimum absolute atomic E-state index is 0.311. The first-order valence-corrected chi connectivity index (χ1v) is 59.7. The Labute approximate surface area is 767 Å². The van der Waals surface area contributed by atoms with Crippen LogP contribution in [-0.4, -0.2) is 93.2 Å². The van der Waals surface area contributed by atoms with E-state index in [4.69, 9.17) is 39.0 Å². The minimum atomic E-state index is -2.65. The monoisotopic (exact) mass is 1870 g/mol. The van der Waals surface area contributed by atoms with Crippen LogP contribution in [0.5, 0.6) is 0 Å². The first kappa shape index (κ1) is 97.8. The molecule has 0 radical (unpaired) electrons. The van der Waals surface area contributed by atoms with Gasteiger partial charge in [0.2, 0.25) is 0 Å². The Kier molecular flexibility index (Phi) is 43.3. The summed E-state index contributed by atoms with van der Waals surface area (Å²) in [7, 11) is -8.25. The summed E-state index contributed by atoms with van der Waals surface area (Å²) < 4.78 is 41.2. The molecule has 4 aromatic heterocycles. The van der Waals surface area contributed by atoms with Crippen LogP contribution < -0.4 is 85.4 Å². The highest BCUT2D eigenvalue weighted by Crippen LogP contribution is 2.46. The Morgan fingerprint density at radius 3 is 0.821 bits per heavy atom. The topological polar surface area (TPSA) is 161 Å². The molecule has 0 bridgehead atoms. The van der Waals surface area contributed by atoms with Crippen molar-refractivity contribution in [3.63, 3.8) is 0 Å². The first-order valence-electron chi connectivity index (χ1n) is 43.8. The molecule has 652 valence electrons. The molecule has 8 atom stereocenters. The summed E-state index contributed by atoms with van der Waals surface area (Å²) in [6.45, 7) is 8.47. The maximum atomic E-state index is 14.2. The summed E-state index contributed by atoms with van der Waals surface area (Å²) >= 11 is 22.1. The van der Waals surface area contributed by atoms with Crippen LogP contribution >= 0.6 is 108 Å². The maximum Gasteiger partial charge on any atom is 0.326 e. The summed E-state index contributed by atoms with van der Waals surface area (Å²) in [5.41, 5.74) is 6.06. The predicted molar refractivity (Wildman–Crippen MR) is 545 cm³/mol. The van der Waals surface area contributed by atoms with Gasteiger partial charge in [0.1, 0.15) is 14.3 Å². The van der Waals surface area contributed by atoms with Crippen LogP contribution in [0.25, 0.3) is 0 Å². The third-order valence-electron chi connectivity index (χ3n) is 23.4. The Morgan fingerprint density at radius 1 is 0.325 bits per heavy atom. The third kappa shape index (κ3) is 32.1. The highest BCUT2D eigenvalue weighted by Gasteiger charge is 2.33. The summed E-state index contributed by atoms with van der Waals surface area (Å²) in [5.74, 6) is 1.57. The Morgan fingerprint density at radius 2 is 0.561 bits per heavy atom. The Balaban J connectivity index is 0.000000152. The van der Waals surface area contributed by atoms with Gasteiger partial charge in [-0.15, -0.1) is 78.6 Å². The lowest BCUT2D eigenvalue weighted by Crippen LogP contribution is -2.50. The van der Waals surface area contributed by atoms with Crippen molar-refractivity contribution in [1.82, 2.24) is 37.2 Å². The largest absolute Gasteiger partial charge is 0.326 e. The van der Waals surface area contributed by atoms with Crippen LogP contribution in [0, 0.1) is 0 Å². The van der Waals surface area contributed by atoms with Crippen molar-refractivity contribution in [2.45, 2.75) is 177 Å². The van der Waals surface area contributed by atoms with Gasteiger partial charge in [0, 0.05) is 151 Å². The molecule has 123 heavy (non-hydrogen) atoms. The summed E-state index contributed by atoms with van der Waals surface area (Å²) in [4.78, 5) is 5.61. The SMILES string of the molecule is C=CP(=O)(c1ccccc1)c1ccccc1.Cl[SiH](Cl)Cl.NC1CCCC[C@H]1NCc1cccs1.O=P(CCNC1CCCC[C@H]1NCc1cccs1)(c1ccccc1)c1ccccc1.O=P(CCNC1CCCC[C@H]1NCc1cccs1)(c1ccccc1)c1ccccc1.c1ccc(P(CCNC2CCCC[C@H]2NCc2cccs2)c2ccccc2)cc1. The van der Waals surface area contributed by atoms with Gasteiger partial charge in [-0.1, -0.05) is 325 Å². The lowest BCUT2D eigenvalue weighted by Gasteiger charge is -2.33. The van der Waals surface area contributed by atoms with Crippen molar-refractivity contribution in [1.29, 1.82) is 0 Å². The average molecular weight is 1870 g/mol. The van der Waals surface area contributed by atoms with Crippen LogP contribution in [0.4, 0.5) is 0 Å². The zero-order valence-electron chi connectivity index (χ0n) is 70.7. The molecule has 4 heterocycles. The molecule has 0 amide bonds. The number of halogens is 3. The van der Waals surface area contributed by atoms with Gasteiger partial charge in [0.25, 0.3) is 0 Å². The van der Waals surface area contributed by atoms with E-state index in [0.717, 1.165) is 77.6 Å². The van der Waals surface area contributed by atoms with E-state index in [1.54, 1.807) is 5.82 Å². The standard InChI is InChI=1S/2C25H31N2OPS.C25H31N2PS.C14H13OP.C11H18N2S.Cl3HSi/c2*28-29(21-10-3-1-4-11-21,22-12-5-2-6-13-22)18-17-26-24-15-7-8-16-25(24)27-20-23-14-9-19-30-23;1-3-10-21(11-4-1)28(22-12-5-2-6-13-22)18-17-26-24-15-7-8-16-25(24)27-20-23-14-9-19-29-23;1-2-16(15,13-9-5-3-6-10-13)14-11-7-4-8-12-14;12-10-5-1-2-6-11(10)13-8-9-4-3-7-14-9;1-4(2)3/h2*1-6,9-14,19,24-27H,7-8,15-18,20H2;1-6,9-14,19,24-27H,7-8,15-18,20H2;2-12H,1H2;3-4,7,10-11,13H,1-2,5-6,8,12H2;4H/t3*24?,25-;;10?,11-;/m111.1./s1. The Bertz CT molecular complexity index is 4600. The summed E-state index contributed by atoms with van der Waals surface area (Å²) in [6, 6.07) is 102. The van der Waals surface area contributed by atoms with Crippen LogP contribution in [0.1, 0.15) is 122 Å². The molecule has 0 aliphatic heterocycles. The molecule has 12 aromatic rings. The Hall–Kier alpha value is -5.81. The molecule has 0 spiro atoms. The van der Waals surface area contributed by atoms with Gasteiger partial charge in [-0.05, 0) is 134 Å². The van der Waals surface area contributed by atoms with E-state index in [0.29, 0.717) is 60.7 Å². The number of thiophene rings is 4. The van der Waals surface area contributed by atoms with Gasteiger partial charge in [-0.2, -0.15) is 0 Å². The summed E-state index contributed by atoms with van der Waals surface area (Å²) in [6.07, 6.45) is 22.7. The fourth-order valence-corrected chi connectivity index (χ4v) is 28.7. The molecule has 4 fully saturated rings. The second kappa shape index (κ2) is 54.5. The van der Waals surface area contributed by atoms with Gasteiger partial charge in [0.15, 0.2) is 7.14 Å². The van der Waals surface area contributed by atoms with Gasteiger partial charge < -0.3 is 56.6 Å². The number of hydrogen-bond acceptors (Lipinski definition) is 15. The molecular weight excluding hydrogens is 1750 g/mol. The van der Waals surface area contributed by atoms with Crippen molar-refractivity contribution in [3.05, 3.63) is 345 Å². The molecule has 0 saturated heterocycles. The van der Waals surface area contributed by atoms with Crippen LogP contribution in [0.3, 0.4) is 0 Å². The fourth-order valence-electron chi connectivity index (χ4n) is 16.8. The van der Waals surface area contributed by atoms with Crippen molar-refractivity contribution in [2.24, 2.45) is 5.73 Å². The van der Waals surface area contributed by atoms with E-state index < -0.39 is 28.2 Å². The van der Waals surface area contributed by atoms with Crippen molar-refractivity contribution < 1.29 is 13.7 Å².